The summed E-state index contributed by atoms with van der Waals surface area (Å²) in [4.78, 5) is 17.2. The lowest BCUT2D eigenvalue weighted by molar-refractivity contribution is -0.143. The van der Waals surface area contributed by atoms with E-state index in [4.69, 9.17) is 9.57 Å². The number of ether oxygens (including phenoxy) is 1. The average Bonchev–Trinajstić information content (AvgIpc) is 3.22. The highest BCUT2D eigenvalue weighted by atomic mass is 16.7. The molecule has 1 aromatic carbocycles. The molecule has 1 aliphatic carbocycles. The molecular formula is C28H45NO3. The summed E-state index contributed by atoms with van der Waals surface area (Å²) in [5, 5.41) is 4.13. The number of hydrogen-bond acceptors (Lipinski definition) is 4. The molecule has 0 radical (unpaired) electrons. The normalized spacial score (nSPS) is 14.0. The molecule has 0 N–H and O–H groups in total. The van der Waals surface area contributed by atoms with Gasteiger partial charge < -0.3 is 9.57 Å². The molecule has 0 heterocycles. The Balaban J connectivity index is 1.41. The Labute approximate surface area is 196 Å². The number of carbonyl (C=O) groups is 1. The van der Waals surface area contributed by atoms with Gasteiger partial charge in [0, 0.05) is 12.0 Å². The van der Waals surface area contributed by atoms with E-state index >= 15 is 0 Å². The average molecular weight is 444 g/mol. The highest BCUT2D eigenvalue weighted by Crippen LogP contribution is 2.26. The molecular weight excluding hydrogens is 398 g/mol. The Hall–Kier alpha value is -1.84. The first-order chi connectivity index (χ1) is 15.7. The monoisotopic (exact) mass is 443 g/mol. The third kappa shape index (κ3) is 10.7. The molecule has 0 atom stereocenters. The second-order valence-corrected chi connectivity index (χ2v) is 9.22. The zero-order valence-corrected chi connectivity index (χ0v) is 20.6. The van der Waals surface area contributed by atoms with E-state index in [0.29, 0.717) is 6.42 Å². The van der Waals surface area contributed by atoms with Crippen LogP contribution in [0.2, 0.25) is 0 Å². The SMILES string of the molecule is CCCCCCCCCCCCCCCCCC(=O)O/N=C1/CCc2cc(OC)ccc21. The minimum absolute atomic E-state index is 0.214. The molecule has 180 valence electrons. The van der Waals surface area contributed by atoms with E-state index in [-0.39, 0.29) is 5.97 Å². The minimum atomic E-state index is -0.214. The minimum Gasteiger partial charge on any atom is -0.497 e. The fourth-order valence-electron chi connectivity index (χ4n) is 4.46. The number of rotatable bonds is 18. The maximum absolute atomic E-state index is 12.0. The molecule has 0 saturated heterocycles. The summed E-state index contributed by atoms with van der Waals surface area (Å²) in [6.45, 7) is 2.28. The van der Waals surface area contributed by atoms with Gasteiger partial charge >= 0.3 is 5.97 Å². The summed E-state index contributed by atoms with van der Waals surface area (Å²) in [6.07, 6.45) is 22.0. The zero-order chi connectivity index (χ0) is 22.9. The smallest absolute Gasteiger partial charge is 0.335 e. The number of unbranched alkanes of at least 4 members (excludes halogenated alkanes) is 14. The van der Waals surface area contributed by atoms with Crippen molar-refractivity contribution in [2.24, 2.45) is 5.16 Å². The van der Waals surface area contributed by atoms with Crippen molar-refractivity contribution in [2.45, 2.75) is 122 Å². The zero-order valence-electron chi connectivity index (χ0n) is 20.6. The summed E-state index contributed by atoms with van der Waals surface area (Å²) < 4.78 is 5.27. The van der Waals surface area contributed by atoms with Gasteiger partial charge in [-0.1, -0.05) is 102 Å². The van der Waals surface area contributed by atoms with E-state index in [9.17, 15) is 4.79 Å². The van der Waals surface area contributed by atoms with Crippen molar-refractivity contribution in [3.05, 3.63) is 29.3 Å². The van der Waals surface area contributed by atoms with Gasteiger partial charge in [-0.05, 0) is 43.0 Å². The van der Waals surface area contributed by atoms with E-state index in [2.05, 4.69) is 12.1 Å². The number of methoxy groups -OCH3 is 1. The third-order valence-corrected chi connectivity index (χ3v) is 6.50. The van der Waals surface area contributed by atoms with Gasteiger partial charge in [-0.15, -0.1) is 0 Å². The largest absolute Gasteiger partial charge is 0.497 e. The van der Waals surface area contributed by atoms with Gasteiger partial charge in [0.25, 0.3) is 0 Å². The van der Waals surface area contributed by atoms with Crippen LogP contribution in [0.1, 0.15) is 127 Å². The van der Waals surface area contributed by atoms with E-state index in [1.165, 1.54) is 89.0 Å². The molecule has 0 aliphatic heterocycles. The van der Waals surface area contributed by atoms with Crippen molar-refractivity contribution in [1.82, 2.24) is 0 Å². The van der Waals surface area contributed by atoms with Crippen LogP contribution in [-0.2, 0) is 16.1 Å². The van der Waals surface area contributed by atoms with Gasteiger partial charge in [-0.3, -0.25) is 0 Å². The molecule has 0 bridgehead atoms. The fourth-order valence-corrected chi connectivity index (χ4v) is 4.46. The van der Waals surface area contributed by atoms with Gasteiger partial charge in [0.15, 0.2) is 0 Å². The molecule has 1 aliphatic rings. The molecule has 4 nitrogen and oxygen atoms in total. The molecule has 0 unspecified atom stereocenters. The summed E-state index contributed by atoms with van der Waals surface area (Å²) in [7, 11) is 1.67. The van der Waals surface area contributed by atoms with Crippen LogP contribution in [0.25, 0.3) is 0 Å². The summed E-state index contributed by atoms with van der Waals surface area (Å²) in [5.74, 6) is 0.643. The Kier molecular flexibility index (Phi) is 13.8. The molecule has 4 heteroatoms. The molecule has 0 amide bonds. The van der Waals surface area contributed by atoms with Crippen LogP contribution < -0.4 is 4.74 Å². The fraction of sp³-hybridized carbons (Fsp3) is 0.714. The van der Waals surface area contributed by atoms with Gasteiger partial charge in [-0.25, -0.2) is 4.79 Å². The second kappa shape index (κ2) is 16.7. The van der Waals surface area contributed by atoms with Gasteiger partial charge in [0.05, 0.1) is 12.8 Å². The third-order valence-electron chi connectivity index (χ3n) is 6.50. The van der Waals surface area contributed by atoms with Crippen molar-refractivity contribution in [3.63, 3.8) is 0 Å². The lowest BCUT2D eigenvalue weighted by atomic mass is 10.0. The van der Waals surface area contributed by atoms with Crippen molar-refractivity contribution < 1.29 is 14.4 Å². The van der Waals surface area contributed by atoms with Gasteiger partial charge in [0.1, 0.15) is 5.75 Å². The lowest BCUT2D eigenvalue weighted by Gasteiger charge is -2.04. The number of aryl methyl sites for hydroxylation is 1. The highest BCUT2D eigenvalue weighted by Gasteiger charge is 2.19. The van der Waals surface area contributed by atoms with Crippen molar-refractivity contribution in [3.8, 4) is 5.75 Å². The standard InChI is InChI=1S/C28H45NO3/c1-3-4-5-6-7-8-9-10-11-12-13-14-15-16-17-18-28(30)32-29-27-22-19-24-23-25(31-2)20-21-26(24)27/h20-21,23H,3-19,22H2,1-2H3/b29-27-. The van der Waals surface area contributed by atoms with Gasteiger partial charge in [-0.2, -0.15) is 0 Å². The Morgan fingerprint density at radius 2 is 1.38 bits per heavy atom. The quantitative estimate of drug-likeness (QED) is 0.131. The van der Waals surface area contributed by atoms with E-state index in [0.717, 1.165) is 42.7 Å². The molecule has 32 heavy (non-hydrogen) atoms. The predicted octanol–water partition coefficient (Wildman–Crippen LogP) is 8.15. The first-order valence-electron chi connectivity index (χ1n) is 13.2. The van der Waals surface area contributed by atoms with Gasteiger partial charge in [0.2, 0.25) is 0 Å². The van der Waals surface area contributed by atoms with Crippen LogP contribution in [-0.4, -0.2) is 18.8 Å². The number of hydrogen-bond donors (Lipinski definition) is 0. The predicted molar refractivity (Wildman–Crippen MR) is 133 cm³/mol. The van der Waals surface area contributed by atoms with E-state index in [1.807, 2.05) is 18.2 Å². The summed E-state index contributed by atoms with van der Waals surface area (Å²) in [6, 6.07) is 5.97. The van der Waals surface area contributed by atoms with E-state index in [1.54, 1.807) is 7.11 Å². The number of fused-ring (bicyclic) bond motifs is 1. The number of oxime groups is 1. The van der Waals surface area contributed by atoms with Crippen molar-refractivity contribution >= 4 is 11.7 Å². The van der Waals surface area contributed by atoms with Crippen LogP contribution in [0.4, 0.5) is 0 Å². The van der Waals surface area contributed by atoms with Crippen LogP contribution in [0, 0.1) is 0 Å². The van der Waals surface area contributed by atoms with Crippen LogP contribution in [0.5, 0.6) is 5.75 Å². The Bertz CT molecular complexity index is 683. The molecule has 0 saturated carbocycles. The van der Waals surface area contributed by atoms with E-state index < -0.39 is 0 Å². The van der Waals surface area contributed by atoms with Crippen molar-refractivity contribution in [2.75, 3.05) is 7.11 Å². The van der Waals surface area contributed by atoms with Crippen LogP contribution in [0.15, 0.2) is 23.4 Å². The molecule has 0 fully saturated rings. The number of nitrogens with zero attached hydrogens (tertiary/aromatic N) is 1. The molecule has 1 aromatic rings. The number of carbonyl (C=O) groups excluding carboxylic acids is 1. The first kappa shape index (κ1) is 26.4. The Morgan fingerprint density at radius 3 is 1.94 bits per heavy atom. The Morgan fingerprint density at radius 1 is 0.812 bits per heavy atom. The lowest BCUT2D eigenvalue weighted by Crippen LogP contribution is -2.03. The van der Waals surface area contributed by atoms with Crippen LogP contribution in [0.3, 0.4) is 0 Å². The summed E-state index contributed by atoms with van der Waals surface area (Å²) in [5.41, 5.74) is 3.15. The topological polar surface area (TPSA) is 47.9 Å². The van der Waals surface area contributed by atoms with Crippen LogP contribution >= 0.6 is 0 Å². The van der Waals surface area contributed by atoms with Crippen molar-refractivity contribution in [1.29, 1.82) is 0 Å². The summed E-state index contributed by atoms with van der Waals surface area (Å²) >= 11 is 0. The first-order valence-corrected chi connectivity index (χ1v) is 13.2. The highest BCUT2D eigenvalue weighted by molar-refractivity contribution is 6.04. The molecule has 2 rings (SSSR count). The maximum Gasteiger partial charge on any atom is 0.335 e. The maximum atomic E-state index is 12.0. The molecule has 0 spiro atoms. The molecule has 0 aromatic heterocycles. The second-order valence-electron chi connectivity index (χ2n) is 9.22. The number of benzene rings is 1.